The molecule has 0 bridgehead atoms. The van der Waals surface area contributed by atoms with E-state index in [9.17, 15) is 4.21 Å². The molecule has 2 aromatic rings. The van der Waals surface area contributed by atoms with E-state index in [1.54, 1.807) is 7.05 Å². The van der Waals surface area contributed by atoms with E-state index in [1.807, 2.05) is 54.6 Å². The van der Waals surface area contributed by atoms with Crippen LogP contribution in [0.15, 0.2) is 59.6 Å². The van der Waals surface area contributed by atoms with Gasteiger partial charge in [-0.3, -0.25) is 9.20 Å². The van der Waals surface area contributed by atoms with Gasteiger partial charge in [0.1, 0.15) is 0 Å². The molecule has 0 saturated heterocycles. The van der Waals surface area contributed by atoms with Crippen molar-refractivity contribution in [3.05, 3.63) is 70.7 Å². The molecule has 1 atom stereocenters. The first-order valence-corrected chi connectivity index (χ1v) is 9.62. The molecule has 25 heavy (non-hydrogen) atoms. The number of hydrogen-bond donors (Lipinski definition) is 2. The normalized spacial score (nSPS) is 12.2. The minimum atomic E-state index is -0.899. The van der Waals surface area contributed by atoms with E-state index in [2.05, 4.69) is 15.6 Å². The number of hydrogen-bond acceptors (Lipinski definition) is 2. The Hall–Kier alpha value is -1.12. The monoisotopic (exact) mass is 491 g/mol. The van der Waals surface area contributed by atoms with Crippen LogP contribution in [-0.4, -0.2) is 29.5 Å². The highest BCUT2D eigenvalue weighted by Crippen LogP contribution is 2.14. The molecule has 0 radical (unpaired) electrons. The van der Waals surface area contributed by atoms with Crippen LogP contribution >= 0.6 is 35.6 Å². The van der Waals surface area contributed by atoms with E-state index in [4.69, 9.17) is 11.6 Å². The second-order valence-corrected chi connectivity index (χ2v) is 7.20. The SMILES string of the molecule is CN=C(NCCS(=O)Cc1ccccc1)NCc1ccccc1Cl.I. The molecule has 0 aliphatic rings. The molecule has 2 rings (SSSR count). The molecule has 136 valence electrons. The fourth-order valence-corrected chi connectivity index (χ4v) is 3.40. The lowest BCUT2D eigenvalue weighted by atomic mass is 10.2. The van der Waals surface area contributed by atoms with Crippen LogP contribution in [0.1, 0.15) is 11.1 Å². The fraction of sp³-hybridized carbons (Fsp3) is 0.278. The summed E-state index contributed by atoms with van der Waals surface area (Å²) in [5.41, 5.74) is 2.10. The van der Waals surface area contributed by atoms with Crippen molar-refractivity contribution in [3.8, 4) is 0 Å². The number of benzene rings is 2. The lowest BCUT2D eigenvalue weighted by Crippen LogP contribution is -2.38. The summed E-state index contributed by atoms with van der Waals surface area (Å²) in [5, 5.41) is 7.11. The first kappa shape index (κ1) is 21.9. The number of rotatable bonds is 7. The van der Waals surface area contributed by atoms with Gasteiger partial charge in [0, 0.05) is 47.5 Å². The maximum atomic E-state index is 12.1. The Kier molecular flexibility index (Phi) is 10.8. The van der Waals surface area contributed by atoms with Gasteiger partial charge in [-0.2, -0.15) is 0 Å². The minimum absolute atomic E-state index is 0. The van der Waals surface area contributed by atoms with Gasteiger partial charge in [0.05, 0.1) is 0 Å². The molecule has 0 saturated carbocycles. The van der Waals surface area contributed by atoms with Gasteiger partial charge in [-0.15, -0.1) is 24.0 Å². The third-order valence-corrected chi connectivity index (χ3v) is 5.10. The zero-order valence-electron chi connectivity index (χ0n) is 14.1. The number of halogens is 2. The van der Waals surface area contributed by atoms with Crippen LogP contribution in [-0.2, 0) is 23.1 Å². The molecular weight excluding hydrogens is 469 g/mol. The Morgan fingerprint density at radius 1 is 1.08 bits per heavy atom. The minimum Gasteiger partial charge on any atom is -0.355 e. The quantitative estimate of drug-likeness (QED) is 0.354. The average Bonchev–Trinajstić information content (AvgIpc) is 2.60. The zero-order valence-corrected chi connectivity index (χ0v) is 18.0. The number of nitrogens with one attached hydrogen (secondary N) is 2. The predicted molar refractivity (Wildman–Crippen MR) is 118 cm³/mol. The standard InChI is InChI=1S/C18H22ClN3OS.HI/c1-20-18(22-13-16-9-5-6-10-17(16)19)21-11-12-24(23)14-15-7-3-2-4-8-15;/h2-10H,11-14H2,1H3,(H2,20,21,22);1H. The van der Waals surface area contributed by atoms with Crippen molar-refractivity contribution >= 4 is 52.3 Å². The first-order chi connectivity index (χ1) is 11.7. The highest BCUT2D eigenvalue weighted by Gasteiger charge is 2.04. The van der Waals surface area contributed by atoms with Gasteiger partial charge in [-0.1, -0.05) is 60.1 Å². The van der Waals surface area contributed by atoms with Crippen LogP contribution in [0, 0.1) is 0 Å². The van der Waals surface area contributed by atoms with Gasteiger partial charge in [0.25, 0.3) is 0 Å². The average molecular weight is 492 g/mol. The van der Waals surface area contributed by atoms with Crippen LogP contribution in [0.5, 0.6) is 0 Å². The van der Waals surface area contributed by atoms with Crippen LogP contribution in [0.25, 0.3) is 0 Å². The van der Waals surface area contributed by atoms with Gasteiger partial charge in [-0.05, 0) is 17.2 Å². The lowest BCUT2D eigenvalue weighted by molar-refractivity contribution is 0.680. The predicted octanol–water partition coefficient (Wildman–Crippen LogP) is 3.57. The largest absolute Gasteiger partial charge is 0.355 e. The van der Waals surface area contributed by atoms with Gasteiger partial charge >= 0.3 is 0 Å². The van der Waals surface area contributed by atoms with Crippen LogP contribution < -0.4 is 10.6 Å². The third-order valence-electron chi connectivity index (χ3n) is 3.42. The van der Waals surface area contributed by atoms with Gasteiger partial charge in [0.2, 0.25) is 0 Å². The van der Waals surface area contributed by atoms with E-state index >= 15 is 0 Å². The van der Waals surface area contributed by atoms with Gasteiger partial charge < -0.3 is 10.6 Å². The molecule has 0 amide bonds. The smallest absolute Gasteiger partial charge is 0.191 e. The molecule has 0 aliphatic heterocycles. The number of aliphatic imine (C=N–C) groups is 1. The molecule has 1 unspecified atom stereocenters. The summed E-state index contributed by atoms with van der Waals surface area (Å²) in [7, 11) is 0.812. The Morgan fingerprint density at radius 2 is 1.76 bits per heavy atom. The summed E-state index contributed by atoms with van der Waals surface area (Å²) in [4.78, 5) is 4.17. The van der Waals surface area contributed by atoms with Crippen LogP contribution in [0.2, 0.25) is 5.02 Å². The fourth-order valence-electron chi connectivity index (χ4n) is 2.16. The Morgan fingerprint density at radius 3 is 2.44 bits per heavy atom. The Balaban J connectivity index is 0.00000312. The van der Waals surface area contributed by atoms with Crippen molar-refractivity contribution in [2.75, 3.05) is 19.3 Å². The maximum absolute atomic E-state index is 12.1. The first-order valence-electron chi connectivity index (χ1n) is 7.76. The summed E-state index contributed by atoms with van der Waals surface area (Å²) in [6.45, 7) is 1.19. The van der Waals surface area contributed by atoms with Crippen molar-refractivity contribution < 1.29 is 4.21 Å². The van der Waals surface area contributed by atoms with Crippen molar-refractivity contribution in [1.82, 2.24) is 10.6 Å². The van der Waals surface area contributed by atoms with Crippen LogP contribution in [0.4, 0.5) is 0 Å². The molecule has 2 N–H and O–H groups in total. The molecule has 0 spiro atoms. The van der Waals surface area contributed by atoms with Crippen molar-refractivity contribution in [1.29, 1.82) is 0 Å². The van der Waals surface area contributed by atoms with E-state index in [0.717, 1.165) is 16.1 Å². The molecular formula is C18H23ClIN3OS. The molecule has 0 fully saturated rings. The molecule has 0 heterocycles. The molecule has 2 aromatic carbocycles. The molecule has 0 aliphatic carbocycles. The Bertz CT molecular complexity index is 698. The summed E-state index contributed by atoms with van der Waals surface area (Å²) < 4.78 is 12.1. The lowest BCUT2D eigenvalue weighted by Gasteiger charge is -2.12. The van der Waals surface area contributed by atoms with E-state index in [-0.39, 0.29) is 24.0 Å². The van der Waals surface area contributed by atoms with E-state index < -0.39 is 10.8 Å². The van der Waals surface area contributed by atoms with Crippen molar-refractivity contribution in [2.45, 2.75) is 12.3 Å². The topological polar surface area (TPSA) is 53.5 Å². The van der Waals surface area contributed by atoms with Crippen LogP contribution in [0.3, 0.4) is 0 Å². The highest BCUT2D eigenvalue weighted by molar-refractivity contribution is 14.0. The van der Waals surface area contributed by atoms with E-state index in [1.165, 1.54) is 0 Å². The molecule has 0 aromatic heterocycles. The number of nitrogens with zero attached hydrogens (tertiary/aromatic N) is 1. The zero-order chi connectivity index (χ0) is 17.2. The highest BCUT2D eigenvalue weighted by atomic mass is 127. The Labute approximate surface area is 173 Å². The summed E-state index contributed by atoms with van der Waals surface area (Å²) >= 11 is 6.13. The maximum Gasteiger partial charge on any atom is 0.191 e. The molecule has 7 heteroatoms. The second-order valence-electron chi connectivity index (χ2n) is 5.22. The third kappa shape index (κ3) is 8.20. The molecule has 4 nitrogen and oxygen atoms in total. The number of guanidine groups is 1. The van der Waals surface area contributed by atoms with Gasteiger partial charge in [-0.25, -0.2) is 0 Å². The van der Waals surface area contributed by atoms with E-state index in [0.29, 0.717) is 30.6 Å². The summed E-state index contributed by atoms with van der Waals surface area (Å²) in [6.07, 6.45) is 0. The van der Waals surface area contributed by atoms with Crippen molar-refractivity contribution in [2.24, 2.45) is 4.99 Å². The summed E-state index contributed by atoms with van der Waals surface area (Å²) in [6, 6.07) is 17.6. The van der Waals surface area contributed by atoms with Gasteiger partial charge in [0.15, 0.2) is 5.96 Å². The second kappa shape index (κ2) is 12.3. The van der Waals surface area contributed by atoms with Crippen molar-refractivity contribution in [3.63, 3.8) is 0 Å². The summed E-state index contributed by atoms with van der Waals surface area (Å²) in [5.74, 6) is 1.82.